The third-order valence-electron chi connectivity index (χ3n) is 4.46. The Hall–Kier alpha value is -2.79. The number of rotatable bonds is 7. The summed E-state index contributed by atoms with van der Waals surface area (Å²) in [6, 6.07) is 15.3. The molecule has 2 aromatic carbocycles. The van der Waals surface area contributed by atoms with Gasteiger partial charge in [-0.25, -0.2) is 0 Å². The summed E-state index contributed by atoms with van der Waals surface area (Å²) in [5.74, 6) is -0.0921. The van der Waals surface area contributed by atoms with Crippen LogP contribution in [0.15, 0.2) is 54.7 Å². The van der Waals surface area contributed by atoms with Crippen molar-refractivity contribution < 1.29 is 9.59 Å². The van der Waals surface area contributed by atoms with E-state index in [9.17, 15) is 9.59 Å². The minimum absolute atomic E-state index is 0.0316. The Morgan fingerprint density at radius 2 is 1.85 bits per heavy atom. The van der Waals surface area contributed by atoms with Crippen LogP contribution in [0, 0.1) is 0 Å². The summed E-state index contributed by atoms with van der Waals surface area (Å²) in [7, 11) is 0. The average molecular weight is 384 g/mol. The Morgan fingerprint density at radius 3 is 2.59 bits per heavy atom. The summed E-state index contributed by atoms with van der Waals surface area (Å²) in [5, 5.41) is 4.62. The Balaban J connectivity index is 1.51. The summed E-state index contributed by atoms with van der Waals surface area (Å²) in [6.07, 6.45) is 2.17. The number of aromatic amines is 1. The molecule has 6 heteroatoms. The highest BCUT2D eigenvalue weighted by Gasteiger charge is 2.12. The Kier molecular flexibility index (Phi) is 6.14. The average Bonchev–Trinajstić information content (AvgIpc) is 3.05. The van der Waals surface area contributed by atoms with E-state index in [1.165, 1.54) is 6.92 Å². The number of hydrogen-bond donors (Lipinski definition) is 2. The molecule has 2 N–H and O–H groups in total. The second kappa shape index (κ2) is 8.73. The lowest BCUT2D eigenvalue weighted by Gasteiger charge is -2.21. The smallest absolute Gasteiger partial charge is 0.224 e. The van der Waals surface area contributed by atoms with Crippen molar-refractivity contribution in [2.24, 2.45) is 0 Å². The molecule has 140 valence electrons. The lowest BCUT2D eigenvalue weighted by Crippen LogP contribution is -2.37. The molecule has 3 rings (SSSR count). The lowest BCUT2D eigenvalue weighted by atomic mass is 10.1. The molecule has 0 atom stereocenters. The molecular formula is C21H22ClN3O2. The number of fused-ring (bicyclic) bond motifs is 1. The number of carbonyl (C=O) groups is 2. The van der Waals surface area contributed by atoms with Crippen LogP contribution in [0.25, 0.3) is 10.9 Å². The lowest BCUT2D eigenvalue weighted by molar-refractivity contribution is -0.130. The van der Waals surface area contributed by atoms with E-state index >= 15 is 0 Å². The van der Waals surface area contributed by atoms with E-state index < -0.39 is 0 Å². The molecular weight excluding hydrogens is 362 g/mol. The van der Waals surface area contributed by atoms with Crippen LogP contribution in [0.3, 0.4) is 0 Å². The number of amides is 2. The van der Waals surface area contributed by atoms with Gasteiger partial charge in [0, 0.05) is 48.7 Å². The Bertz CT molecular complexity index is 934. The maximum atomic E-state index is 12.3. The molecule has 0 radical (unpaired) electrons. The van der Waals surface area contributed by atoms with Crippen LogP contribution in [-0.4, -0.2) is 34.8 Å². The van der Waals surface area contributed by atoms with Crippen LogP contribution >= 0.6 is 11.6 Å². The summed E-state index contributed by atoms with van der Waals surface area (Å²) in [6.45, 7) is 2.89. The third kappa shape index (κ3) is 5.11. The number of para-hydroxylation sites is 1. The minimum atomic E-state index is -0.0604. The molecule has 0 aliphatic heterocycles. The van der Waals surface area contributed by atoms with E-state index in [2.05, 4.69) is 10.3 Å². The zero-order valence-electron chi connectivity index (χ0n) is 15.2. The highest BCUT2D eigenvalue weighted by atomic mass is 35.5. The fourth-order valence-corrected chi connectivity index (χ4v) is 3.13. The summed E-state index contributed by atoms with van der Waals surface area (Å²) in [4.78, 5) is 29.0. The van der Waals surface area contributed by atoms with E-state index in [-0.39, 0.29) is 11.8 Å². The van der Waals surface area contributed by atoms with Crippen LogP contribution < -0.4 is 5.32 Å². The maximum Gasteiger partial charge on any atom is 0.224 e. The molecule has 0 saturated carbocycles. The first-order chi connectivity index (χ1) is 13.0. The molecule has 27 heavy (non-hydrogen) atoms. The van der Waals surface area contributed by atoms with E-state index in [4.69, 9.17) is 11.6 Å². The predicted molar refractivity (Wildman–Crippen MR) is 108 cm³/mol. The van der Waals surface area contributed by atoms with Crippen LogP contribution in [0.1, 0.15) is 18.1 Å². The van der Waals surface area contributed by atoms with E-state index in [0.29, 0.717) is 31.1 Å². The molecule has 0 saturated heterocycles. The van der Waals surface area contributed by atoms with Crippen molar-refractivity contribution in [3.05, 3.63) is 70.9 Å². The van der Waals surface area contributed by atoms with Gasteiger partial charge in [-0.15, -0.1) is 0 Å². The summed E-state index contributed by atoms with van der Waals surface area (Å²) < 4.78 is 0. The molecule has 0 spiro atoms. The predicted octanol–water partition coefficient (Wildman–Crippen LogP) is 3.53. The Morgan fingerprint density at radius 1 is 1.11 bits per heavy atom. The van der Waals surface area contributed by atoms with Gasteiger partial charge in [-0.05, 0) is 29.3 Å². The highest BCUT2D eigenvalue weighted by molar-refractivity contribution is 6.30. The van der Waals surface area contributed by atoms with Gasteiger partial charge in [-0.2, -0.15) is 0 Å². The normalized spacial score (nSPS) is 10.7. The molecule has 0 unspecified atom stereocenters. The number of nitrogens with one attached hydrogen (secondary N) is 2. The maximum absolute atomic E-state index is 12.3. The number of halogens is 1. The number of benzene rings is 2. The van der Waals surface area contributed by atoms with Gasteiger partial charge in [-0.1, -0.05) is 41.9 Å². The van der Waals surface area contributed by atoms with Crippen LogP contribution in [0.2, 0.25) is 5.02 Å². The van der Waals surface area contributed by atoms with Crippen LogP contribution in [-0.2, 0) is 22.6 Å². The number of nitrogens with zero attached hydrogens (tertiary/aromatic N) is 1. The zero-order valence-corrected chi connectivity index (χ0v) is 15.9. The standard InChI is InChI=1S/C21H22ClN3O2/c1-15(26)25(14-16-6-8-18(22)9-7-16)11-10-23-21(27)12-17-13-24-20-5-3-2-4-19(17)20/h2-9,13,24H,10-12,14H2,1H3,(H,23,27). The molecule has 3 aromatic rings. The molecule has 2 amide bonds. The molecule has 1 aromatic heterocycles. The van der Waals surface area contributed by atoms with Gasteiger partial charge < -0.3 is 15.2 Å². The summed E-state index contributed by atoms with van der Waals surface area (Å²) in [5.41, 5.74) is 2.98. The summed E-state index contributed by atoms with van der Waals surface area (Å²) >= 11 is 5.89. The fourth-order valence-electron chi connectivity index (χ4n) is 3.00. The highest BCUT2D eigenvalue weighted by Crippen LogP contribution is 2.18. The second-order valence-electron chi connectivity index (χ2n) is 6.45. The number of carbonyl (C=O) groups excluding carboxylic acids is 2. The first-order valence-electron chi connectivity index (χ1n) is 8.84. The van der Waals surface area contributed by atoms with Gasteiger partial charge in [-0.3, -0.25) is 9.59 Å². The topological polar surface area (TPSA) is 65.2 Å². The van der Waals surface area contributed by atoms with Gasteiger partial charge in [0.2, 0.25) is 11.8 Å². The van der Waals surface area contributed by atoms with Crippen LogP contribution in [0.5, 0.6) is 0 Å². The monoisotopic (exact) mass is 383 g/mol. The molecule has 5 nitrogen and oxygen atoms in total. The minimum Gasteiger partial charge on any atom is -0.361 e. The molecule has 0 fully saturated rings. The second-order valence-corrected chi connectivity index (χ2v) is 6.89. The van der Waals surface area contributed by atoms with Crippen LogP contribution in [0.4, 0.5) is 0 Å². The van der Waals surface area contributed by atoms with Crippen molar-refractivity contribution in [3.8, 4) is 0 Å². The number of H-pyrrole nitrogens is 1. The van der Waals surface area contributed by atoms with E-state index in [1.54, 1.807) is 17.0 Å². The third-order valence-corrected chi connectivity index (χ3v) is 4.71. The van der Waals surface area contributed by atoms with Crippen molar-refractivity contribution in [1.82, 2.24) is 15.2 Å². The quantitative estimate of drug-likeness (QED) is 0.655. The van der Waals surface area contributed by atoms with Crippen molar-refractivity contribution in [2.45, 2.75) is 19.9 Å². The van der Waals surface area contributed by atoms with E-state index in [1.807, 2.05) is 42.6 Å². The molecule has 0 bridgehead atoms. The van der Waals surface area contributed by atoms with Crippen molar-refractivity contribution >= 4 is 34.3 Å². The van der Waals surface area contributed by atoms with Gasteiger partial charge in [0.25, 0.3) is 0 Å². The van der Waals surface area contributed by atoms with Crippen molar-refractivity contribution in [1.29, 1.82) is 0 Å². The van der Waals surface area contributed by atoms with Gasteiger partial charge in [0.05, 0.1) is 6.42 Å². The largest absolute Gasteiger partial charge is 0.361 e. The Labute approximate surface area is 163 Å². The van der Waals surface area contributed by atoms with E-state index in [0.717, 1.165) is 22.0 Å². The molecule has 0 aliphatic rings. The van der Waals surface area contributed by atoms with Crippen molar-refractivity contribution in [2.75, 3.05) is 13.1 Å². The fraction of sp³-hybridized carbons (Fsp3) is 0.238. The molecule has 0 aliphatic carbocycles. The van der Waals surface area contributed by atoms with Crippen molar-refractivity contribution in [3.63, 3.8) is 0 Å². The first kappa shape index (κ1) is 19.0. The van der Waals surface area contributed by atoms with Gasteiger partial charge in [0.15, 0.2) is 0 Å². The first-order valence-corrected chi connectivity index (χ1v) is 9.22. The SMILES string of the molecule is CC(=O)N(CCNC(=O)Cc1c[nH]c2ccccc12)Cc1ccc(Cl)cc1. The van der Waals surface area contributed by atoms with Gasteiger partial charge in [0.1, 0.15) is 0 Å². The van der Waals surface area contributed by atoms with Gasteiger partial charge >= 0.3 is 0 Å². The number of hydrogen-bond acceptors (Lipinski definition) is 2. The molecule has 1 heterocycles. The number of aromatic nitrogens is 1. The zero-order chi connectivity index (χ0) is 19.2.